The van der Waals surface area contributed by atoms with Crippen molar-refractivity contribution in [3.63, 3.8) is 0 Å². The lowest BCUT2D eigenvalue weighted by Gasteiger charge is -2.19. The van der Waals surface area contributed by atoms with E-state index in [1.165, 1.54) is 28.2 Å². The lowest BCUT2D eigenvalue weighted by atomic mass is 10.1. The molecule has 4 aromatic heterocycles. The molecule has 322 valence electrons. The number of benzene rings is 2. The van der Waals surface area contributed by atoms with Crippen LogP contribution >= 0.6 is 35.1 Å². The molecule has 63 heavy (non-hydrogen) atoms. The van der Waals surface area contributed by atoms with Crippen molar-refractivity contribution in [2.45, 2.75) is 24.9 Å². The second kappa shape index (κ2) is 22.0. The van der Waals surface area contributed by atoms with Crippen LogP contribution in [-0.2, 0) is 27.2 Å². The summed E-state index contributed by atoms with van der Waals surface area (Å²) in [5.41, 5.74) is 8.21. The number of nitrogens with one attached hydrogen (secondary N) is 1. The van der Waals surface area contributed by atoms with Gasteiger partial charge >= 0.3 is 5.97 Å². The number of aromatic nitrogens is 4. The number of methoxy groups -OCH3 is 1. The molecule has 0 bridgehead atoms. The molecular weight excluding hydrogens is 868 g/mol. The Morgan fingerprint density at radius 1 is 0.762 bits per heavy atom. The Kier molecular flexibility index (Phi) is 16.3. The lowest BCUT2D eigenvalue weighted by Crippen LogP contribution is -2.49. The Hall–Kier alpha value is -7.29. The van der Waals surface area contributed by atoms with E-state index in [0.29, 0.717) is 46.5 Å². The molecule has 2 aliphatic rings. The summed E-state index contributed by atoms with van der Waals surface area (Å²) in [6.07, 6.45) is 4.28. The van der Waals surface area contributed by atoms with Gasteiger partial charge in [0.2, 0.25) is 10.9 Å². The average molecular weight is 907 g/mol. The molecule has 6 aromatic rings. The molecule has 2 atom stereocenters. The van der Waals surface area contributed by atoms with E-state index in [0.717, 1.165) is 27.3 Å². The van der Waals surface area contributed by atoms with Gasteiger partial charge in [0.15, 0.2) is 39.5 Å². The number of fused-ring (bicyclic) bond motifs is 2. The number of amides is 3. The van der Waals surface area contributed by atoms with Crippen LogP contribution in [0.25, 0.3) is 0 Å². The van der Waals surface area contributed by atoms with Crippen LogP contribution < -0.4 is 30.3 Å². The Balaban J connectivity index is 0.000000193. The highest BCUT2D eigenvalue weighted by Gasteiger charge is 2.32. The molecule has 0 fully saturated rings. The summed E-state index contributed by atoms with van der Waals surface area (Å²) in [7, 11) is 4.52. The molecule has 6 heterocycles. The van der Waals surface area contributed by atoms with Crippen LogP contribution in [0.1, 0.15) is 51.9 Å². The molecule has 2 aromatic carbocycles. The first-order chi connectivity index (χ1) is 30.0. The van der Waals surface area contributed by atoms with Crippen LogP contribution in [0.15, 0.2) is 97.3 Å². The van der Waals surface area contributed by atoms with E-state index in [9.17, 15) is 24.4 Å². The highest BCUT2D eigenvalue weighted by Crippen LogP contribution is 2.29. The van der Waals surface area contributed by atoms with E-state index < -0.39 is 24.0 Å². The van der Waals surface area contributed by atoms with E-state index in [-0.39, 0.29) is 53.1 Å². The van der Waals surface area contributed by atoms with Gasteiger partial charge in [0.1, 0.15) is 37.4 Å². The fourth-order valence-electron chi connectivity index (χ4n) is 5.96. The number of halogens is 1. The van der Waals surface area contributed by atoms with Crippen molar-refractivity contribution in [1.82, 2.24) is 25.3 Å². The summed E-state index contributed by atoms with van der Waals surface area (Å²) in [5.74, 6) is 0.425. The van der Waals surface area contributed by atoms with Gasteiger partial charge in [-0.3, -0.25) is 24.2 Å². The number of pyridine rings is 2. The number of nitrogens with two attached hydrogens (primary N) is 1. The molecule has 0 saturated carbocycles. The molecule has 3 N–H and O–H groups in total. The Morgan fingerprint density at radius 3 is 1.75 bits per heavy atom. The second-order valence-corrected chi connectivity index (χ2v) is 15.5. The van der Waals surface area contributed by atoms with E-state index in [4.69, 9.17) is 20.5 Å². The van der Waals surface area contributed by atoms with Gasteiger partial charge in [-0.05, 0) is 35.4 Å². The lowest BCUT2D eigenvalue weighted by molar-refractivity contribution is -0.121. The highest BCUT2D eigenvalue weighted by atomic mass is 35.5. The number of nitriles is 2. The number of rotatable bonds is 7. The van der Waals surface area contributed by atoms with Gasteiger partial charge < -0.3 is 25.3 Å². The maximum atomic E-state index is 12.8. The van der Waals surface area contributed by atoms with Gasteiger partial charge in [-0.1, -0.05) is 60.7 Å². The summed E-state index contributed by atoms with van der Waals surface area (Å²) in [6.45, 7) is 0.169. The number of ether oxygens (including phenoxy) is 3. The van der Waals surface area contributed by atoms with Crippen molar-refractivity contribution < 1.29 is 33.4 Å². The zero-order valence-electron chi connectivity index (χ0n) is 34.0. The number of hydrogen-bond acceptors (Lipinski definition) is 16. The quantitative estimate of drug-likeness (QED) is 0.206. The third-order valence-electron chi connectivity index (χ3n) is 9.12. The molecular formula is C43H39ClN10O7S2. The van der Waals surface area contributed by atoms with Crippen LogP contribution in [0.3, 0.4) is 0 Å². The number of hydrogen-bond donors (Lipinski definition) is 2. The molecule has 0 unspecified atom stereocenters. The summed E-state index contributed by atoms with van der Waals surface area (Å²) in [6, 6.07) is 28.9. The van der Waals surface area contributed by atoms with E-state index in [1.54, 1.807) is 50.8 Å². The summed E-state index contributed by atoms with van der Waals surface area (Å²) in [4.78, 5) is 69.1. The van der Waals surface area contributed by atoms with Crippen LogP contribution in [-0.4, -0.2) is 90.1 Å². The molecule has 0 aliphatic carbocycles. The van der Waals surface area contributed by atoms with Crippen LogP contribution in [0.5, 0.6) is 11.5 Å². The third-order valence-corrected chi connectivity index (χ3v) is 11.2. The molecule has 17 nitrogen and oxygen atoms in total. The van der Waals surface area contributed by atoms with Gasteiger partial charge in [0.05, 0.1) is 7.11 Å². The van der Waals surface area contributed by atoms with E-state index in [1.807, 2.05) is 72.8 Å². The number of carbonyl (C=O) groups excluding carboxylic acids is 4. The van der Waals surface area contributed by atoms with E-state index >= 15 is 0 Å². The van der Waals surface area contributed by atoms with Crippen molar-refractivity contribution in [2.24, 2.45) is 5.73 Å². The minimum absolute atomic E-state index is 0. The Labute approximate surface area is 376 Å². The Morgan fingerprint density at radius 2 is 1.24 bits per heavy atom. The average Bonchev–Trinajstić information content (AvgIpc) is 3.87. The van der Waals surface area contributed by atoms with Crippen LogP contribution in [0.2, 0.25) is 0 Å². The number of esters is 1. The van der Waals surface area contributed by atoms with Gasteiger partial charge in [-0.15, -0.1) is 35.1 Å². The predicted octanol–water partition coefficient (Wildman–Crippen LogP) is 4.73. The summed E-state index contributed by atoms with van der Waals surface area (Å²) < 4.78 is 15.6. The predicted molar refractivity (Wildman–Crippen MR) is 236 cm³/mol. The number of carbonyl (C=O) groups is 4. The first kappa shape index (κ1) is 46.8. The van der Waals surface area contributed by atoms with Crippen LogP contribution in [0, 0.1) is 22.7 Å². The first-order valence-electron chi connectivity index (χ1n) is 18.7. The molecule has 0 saturated heterocycles. The van der Waals surface area contributed by atoms with Gasteiger partial charge in [0.25, 0.3) is 11.8 Å². The van der Waals surface area contributed by atoms with Crippen molar-refractivity contribution in [3.05, 3.63) is 140 Å². The maximum absolute atomic E-state index is 12.8. The zero-order valence-corrected chi connectivity index (χ0v) is 36.4. The SMILES string of the molecule is CN1C(=O)[C@@H](N)COc2cccnc21.CN1C(=O)[C@@H](NC(=O)c2nc(C#N)c(Cc3ccccc3)s2)COc2cccnc21.COC(=O)c1nc(C#N)c(Cc2ccccc2)s1.Cl. The fourth-order valence-corrected chi connectivity index (χ4v) is 7.87. The fraction of sp³-hybridized carbons (Fsp3) is 0.209. The van der Waals surface area contributed by atoms with Gasteiger partial charge in [-0.25, -0.2) is 24.7 Å². The number of nitrogens with zero attached hydrogens (tertiary/aromatic N) is 8. The van der Waals surface area contributed by atoms with Gasteiger partial charge in [-0.2, -0.15) is 10.5 Å². The van der Waals surface area contributed by atoms with Crippen molar-refractivity contribution in [3.8, 4) is 23.6 Å². The summed E-state index contributed by atoms with van der Waals surface area (Å²) in [5, 5.41) is 21.4. The second-order valence-electron chi connectivity index (χ2n) is 13.3. The normalized spacial score (nSPS) is 14.9. The largest absolute Gasteiger partial charge is 0.488 e. The first-order valence-corrected chi connectivity index (χ1v) is 20.4. The monoisotopic (exact) mass is 906 g/mol. The zero-order chi connectivity index (χ0) is 44.2. The smallest absolute Gasteiger partial charge is 0.367 e. The van der Waals surface area contributed by atoms with Crippen molar-refractivity contribution in [1.29, 1.82) is 10.5 Å². The number of likely N-dealkylation sites (N-methyl/N-ethyl adjacent to an activating group) is 2. The van der Waals surface area contributed by atoms with Crippen LogP contribution in [0.4, 0.5) is 11.6 Å². The molecule has 8 rings (SSSR count). The van der Waals surface area contributed by atoms with Crippen molar-refractivity contribution in [2.75, 3.05) is 44.2 Å². The Bertz CT molecular complexity index is 2650. The molecule has 20 heteroatoms. The molecule has 2 aliphatic heterocycles. The molecule has 0 spiro atoms. The molecule has 0 radical (unpaired) electrons. The number of thiazole rings is 2. The highest BCUT2D eigenvalue weighted by molar-refractivity contribution is 7.14. The topological polar surface area (TPSA) is 240 Å². The third kappa shape index (κ3) is 11.6. The molecule has 3 amide bonds. The van der Waals surface area contributed by atoms with E-state index in [2.05, 4.69) is 30.0 Å². The minimum atomic E-state index is -0.899. The standard InChI is InChI=1S/C21H17N5O3S.C13H10N2O2S.C9H11N3O2.ClH/c1-26-18-16(8-5-9-23-18)29-12-15(21(26)28)24-19(27)20-25-14(11-22)17(30-20)10-13-6-3-2-4-7-13;1-17-13(16)12-15-10(8-14)11(18-12)7-9-5-3-2-4-6-9;1-12-8-7(3-2-4-11-8)14-5-6(10)9(12)13;/h2-9,15H,10,12H2,1H3,(H,24,27);2-6H,7H2,1H3;2-4,6H,5,10H2,1H3;1H/t15-;;6-;/m0.0./s1. The van der Waals surface area contributed by atoms with Gasteiger partial charge in [0, 0.05) is 49.1 Å². The number of anilines is 2. The minimum Gasteiger partial charge on any atom is -0.488 e. The summed E-state index contributed by atoms with van der Waals surface area (Å²) >= 11 is 2.35. The van der Waals surface area contributed by atoms with Crippen molar-refractivity contribution >= 4 is 70.4 Å². The maximum Gasteiger partial charge on any atom is 0.367 e.